The maximum Gasteiger partial charge on any atom is 0.266 e. The summed E-state index contributed by atoms with van der Waals surface area (Å²) in [7, 11) is 0. The predicted octanol–water partition coefficient (Wildman–Crippen LogP) is 5.07. The number of benzene rings is 1. The van der Waals surface area contributed by atoms with E-state index >= 15 is 0 Å². The summed E-state index contributed by atoms with van der Waals surface area (Å²) in [5.74, 6) is -0.0129. The second kappa shape index (κ2) is 9.40. The number of aromatic nitrogens is 2. The predicted molar refractivity (Wildman–Crippen MR) is 104 cm³/mol. The monoisotopic (exact) mass is 341 g/mol. The first-order chi connectivity index (χ1) is 12.0. The molecule has 0 aliphatic carbocycles. The molecule has 0 spiro atoms. The van der Waals surface area contributed by atoms with E-state index in [0.29, 0.717) is 0 Å². The van der Waals surface area contributed by atoms with E-state index < -0.39 is 0 Å². The third kappa shape index (κ3) is 5.18. The van der Waals surface area contributed by atoms with E-state index in [9.17, 15) is 4.79 Å². The Labute approximate surface area is 151 Å². The highest BCUT2D eigenvalue weighted by molar-refractivity contribution is 5.83. The number of rotatable bonds is 9. The summed E-state index contributed by atoms with van der Waals surface area (Å²) in [4.78, 5) is 12.6. The molecule has 0 fully saturated rings. The van der Waals surface area contributed by atoms with E-state index in [1.165, 1.54) is 37.7 Å². The highest BCUT2D eigenvalue weighted by atomic mass is 16.2. The molecule has 0 aliphatic heterocycles. The van der Waals surface area contributed by atoms with E-state index in [4.69, 9.17) is 0 Å². The van der Waals surface area contributed by atoms with Crippen LogP contribution in [0.5, 0.6) is 0 Å². The van der Waals surface area contributed by atoms with Gasteiger partial charge in [-0.15, -0.1) is 0 Å². The van der Waals surface area contributed by atoms with Crippen molar-refractivity contribution < 1.29 is 4.79 Å². The summed E-state index contributed by atoms with van der Waals surface area (Å²) in [5, 5.41) is 7.71. The first-order valence-corrected chi connectivity index (χ1v) is 9.42. The van der Waals surface area contributed by atoms with E-state index in [0.717, 1.165) is 29.1 Å². The molecule has 1 heterocycles. The Morgan fingerprint density at radius 1 is 1.08 bits per heavy atom. The molecule has 1 N–H and O–H groups in total. The van der Waals surface area contributed by atoms with Gasteiger partial charge in [-0.05, 0) is 50.8 Å². The fraction of sp³-hybridized carbons (Fsp3) is 0.524. The zero-order valence-electron chi connectivity index (χ0n) is 16.1. The van der Waals surface area contributed by atoms with Gasteiger partial charge in [0.15, 0.2) is 0 Å². The van der Waals surface area contributed by atoms with Gasteiger partial charge in [-0.1, -0.05) is 50.8 Å². The van der Waals surface area contributed by atoms with Crippen molar-refractivity contribution in [2.45, 2.75) is 66.2 Å². The van der Waals surface area contributed by atoms with Gasteiger partial charge in [0.1, 0.15) is 0 Å². The lowest BCUT2D eigenvalue weighted by atomic mass is 10.0. The Kier molecular flexibility index (Phi) is 7.23. The van der Waals surface area contributed by atoms with Crippen molar-refractivity contribution in [1.29, 1.82) is 0 Å². The molecule has 0 atom stereocenters. The van der Waals surface area contributed by atoms with Crippen molar-refractivity contribution >= 4 is 11.6 Å². The van der Waals surface area contributed by atoms with Gasteiger partial charge in [-0.3, -0.25) is 4.79 Å². The van der Waals surface area contributed by atoms with Crippen molar-refractivity contribution in [2.24, 2.45) is 0 Å². The van der Waals surface area contributed by atoms with Gasteiger partial charge in [0.25, 0.3) is 5.91 Å². The summed E-state index contributed by atoms with van der Waals surface area (Å²) in [6.45, 7) is 8.53. The molecule has 4 nitrogen and oxygen atoms in total. The normalized spacial score (nSPS) is 10.9. The van der Waals surface area contributed by atoms with Gasteiger partial charge >= 0.3 is 0 Å². The van der Waals surface area contributed by atoms with E-state index in [1.54, 1.807) is 4.68 Å². The molecule has 0 bridgehead atoms. The maximum absolute atomic E-state index is 12.6. The molecule has 0 radical (unpaired) electrons. The SMILES string of the molecule is CCCCCCCc1c(C)nn(C(=O)CNc2ccccc2C)c1C. The van der Waals surface area contributed by atoms with Crippen molar-refractivity contribution in [3.8, 4) is 0 Å². The molecule has 1 aromatic carbocycles. The number of carbonyl (C=O) groups is 1. The fourth-order valence-corrected chi connectivity index (χ4v) is 3.20. The zero-order chi connectivity index (χ0) is 18.2. The standard InChI is InChI=1S/C21H31N3O/c1-5-6-7-8-9-13-19-17(3)23-24(18(19)4)21(25)15-22-20-14-11-10-12-16(20)2/h10-12,14,22H,5-9,13,15H2,1-4H3. The number of aryl methyl sites for hydroxylation is 2. The third-order valence-electron chi connectivity index (χ3n) is 4.78. The minimum atomic E-state index is -0.0129. The molecule has 0 unspecified atom stereocenters. The number of nitrogens with one attached hydrogen (secondary N) is 1. The van der Waals surface area contributed by atoms with Gasteiger partial charge < -0.3 is 5.32 Å². The van der Waals surface area contributed by atoms with Crippen LogP contribution in [0.25, 0.3) is 0 Å². The molecular formula is C21H31N3O. The van der Waals surface area contributed by atoms with Crippen LogP contribution in [0.2, 0.25) is 0 Å². The summed E-state index contributed by atoms with van der Waals surface area (Å²) in [6, 6.07) is 7.99. The first-order valence-electron chi connectivity index (χ1n) is 9.42. The summed E-state index contributed by atoms with van der Waals surface area (Å²) >= 11 is 0. The van der Waals surface area contributed by atoms with Crippen LogP contribution in [0, 0.1) is 20.8 Å². The Morgan fingerprint density at radius 3 is 2.52 bits per heavy atom. The van der Waals surface area contributed by atoms with Crippen molar-refractivity contribution in [2.75, 3.05) is 11.9 Å². The van der Waals surface area contributed by atoms with Crippen LogP contribution in [0.1, 0.15) is 66.3 Å². The zero-order valence-corrected chi connectivity index (χ0v) is 16.1. The van der Waals surface area contributed by atoms with Crippen molar-refractivity contribution in [3.05, 3.63) is 46.8 Å². The van der Waals surface area contributed by atoms with E-state index in [-0.39, 0.29) is 12.5 Å². The highest BCUT2D eigenvalue weighted by Crippen LogP contribution is 2.18. The van der Waals surface area contributed by atoms with Crippen LogP contribution in [0.3, 0.4) is 0 Å². The van der Waals surface area contributed by atoms with Crippen LogP contribution in [-0.4, -0.2) is 22.2 Å². The van der Waals surface area contributed by atoms with Gasteiger partial charge in [0.05, 0.1) is 12.2 Å². The Balaban J connectivity index is 1.96. The van der Waals surface area contributed by atoms with Gasteiger partial charge in [-0.2, -0.15) is 5.10 Å². The largest absolute Gasteiger partial charge is 0.376 e. The minimum absolute atomic E-state index is 0.0129. The first kappa shape index (κ1) is 19.2. The lowest BCUT2D eigenvalue weighted by molar-refractivity contribution is 0.0910. The molecule has 4 heteroatoms. The average molecular weight is 341 g/mol. The molecular weight excluding hydrogens is 310 g/mol. The number of hydrogen-bond acceptors (Lipinski definition) is 3. The Morgan fingerprint density at radius 2 is 1.80 bits per heavy atom. The van der Waals surface area contributed by atoms with Gasteiger partial charge in [-0.25, -0.2) is 4.68 Å². The molecule has 0 saturated heterocycles. The summed E-state index contributed by atoms with van der Waals surface area (Å²) in [5.41, 5.74) is 5.34. The van der Waals surface area contributed by atoms with Crippen molar-refractivity contribution in [3.63, 3.8) is 0 Å². The Bertz CT molecular complexity index is 703. The molecule has 2 rings (SSSR count). The molecule has 2 aromatic rings. The second-order valence-corrected chi connectivity index (χ2v) is 6.79. The lowest BCUT2D eigenvalue weighted by Crippen LogP contribution is -2.23. The molecule has 0 saturated carbocycles. The number of anilines is 1. The van der Waals surface area contributed by atoms with Crippen LogP contribution >= 0.6 is 0 Å². The lowest BCUT2D eigenvalue weighted by Gasteiger charge is -2.09. The number of para-hydroxylation sites is 1. The van der Waals surface area contributed by atoms with Gasteiger partial charge in [0.2, 0.25) is 0 Å². The van der Waals surface area contributed by atoms with Crippen molar-refractivity contribution in [1.82, 2.24) is 9.78 Å². The summed E-state index contributed by atoms with van der Waals surface area (Å²) in [6.07, 6.45) is 7.30. The fourth-order valence-electron chi connectivity index (χ4n) is 3.20. The van der Waals surface area contributed by atoms with Crippen LogP contribution in [-0.2, 0) is 6.42 Å². The Hall–Kier alpha value is -2.10. The third-order valence-corrected chi connectivity index (χ3v) is 4.78. The number of carbonyl (C=O) groups excluding carboxylic acids is 1. The smallest absolute Gasteiger partial charge is 0.266 e. The maximum atomic E-state index is 12.6. The number of hydrogen-bond donors (Lipinski definition) is 1. The minimum Gasteiger partial charge on any atom is -0.376 e. The van der Waals surface area contributed by atoms with Gasteiger partial charge in [0, 0.05) is 11.4 Å². The van der Waals surface area contributed by atoms with E-state index in [1.807, 2.05) is 45.0 Å². The molecule has 0 aliphatic rings. The van der Waals surface area contributed by atoms with Crippen LogP contribution in [0.4, 0.5) is 5.69 Å². The van der Waals surface area contributed by atoms with Crippen LogP contribution < -0.4 is 5.32 Å². The average Bonchev–Trinajstić information content (AvgIpc) is 2.88. The quantitative estimate of drug-likeness (QED) is 0.647. The number of unbranched alkanes of at least 4 members (excludes halogenated alkanes) is 4. The molecule has 1 aromatic heterocycles. The molecule has 25 heavy (non-hydrogen) atoms. The topological polar surface area (TPSA) is 46.9 Å². The molecule has 0 amide bonds. The summed E-state index contributed by atoms with van der Waals surface area (Å²) < 4.78 is 1.57. The van der Waals surface area contributed by atoms with Crippen LogP contribution in [0.15, 0.2) is 24.3 Å². The molecule has 136 valence electrons. The second-order valence-electron chi connectivity index (χ2n) is 6.79. The highest BCUT2D eigenvalue weighted by Gasteiger charge is 2.16. The van der Waals surface area contributed by atoms with E-state index in [2.05, 4.69) is 17.3 Å². The number of nitrogens with zero attached hydrogens (tertiary/aromatic N) is 2.